The maximum atomic E-state index is 13.7. The number of amides is 1. The second-order valence-corrected chi connectivity index (χ2v) is 6.94. The number of halogens is 4. The lowest BCUT2D eigenvalue weighted by atomic mass is 10.3. The molecule has 0 fully saturated rings. The molecule has 0 unspecified atom stereocenters. The number of benzene rings is 1. The highest BCUT2D eigenvalue weighted by Gasteiger charge is 2.21. The fourth-order valence-electron chi connectivity index (χ4n) is 2.95. The van der Waals surface area contributed by atoms with Crippen molar-refractivity contribution in [3.63, 3.8) is 0 Å². The average molecular weight is 463 g/mol. The molecule has 8 nitrogen and oxygen atoms in total. The summed E-state index contributed by atoms with van der Waals surface area (Å²) in [5.41, 5.74) is 1.36. The first-order valence-electron chi connectivity index (χ1n) is 9.73. The molecule has 0 bridgehead atoms. The van der Waals surface area contributed by atoms with Crippen molar-refractivity contribution in [2.24, 2.45) is 0 Å². The van der Waals surface area contributed by atoms with Gasteiger partial charge < -0.3 is 14.5 Å². The first kappa shape index (κ1) is 22.1. The average Bonchev–Trinajstić information content (AvgIpc) is 3.54. The topological polar surface area (TPSA) is 87.1 Å². The van der Waals surface area contributed by atoms with Crippen LogP contribution >= 0.6 is 0 Å². The van der Waals surface area contributed by atoms with Gasteiger partial charge in [0.25, 0.3) is 5.91 Å². The Balaban J connectivity index is 1.36. The molecule has 0 radical (unpaired) electrons. The van der Waals surface area contributed by atoms with E-state index in [1.165, 1.54) is 18.3 Å². The minimum Gasteiger partial charge on any atom is -0.479 e. The van der Waals surface area contributed by atoms with Crippen LogP contribution in [-0.4, -0.2) is 25.5 Å². The van der Waals surface area contributed by atoms with Crippen LogP contribution in [0, 0.1) is 23.3 Å². The number of hydrogen-bond acceptors (Lipinski definition) is 5. The Morgan fingerprint density at radius 3 is 2.48 bits per heavy atom. The zero-order valence-electron chi connectivity index (χ0n) is 17.2. The molecule has 172 valence electrons. The van der Waals surface area contributed by atoms with E-state index in [0.717, 1.165) is 12.1 Å². The third-order valence-corrected chi connectivity index (χ3v) is 4.56. The van der Waals surface area contributed by atoms with Crippen LogP contribution in [0.25, 0.3) is 0 Å². The maximum absolute atomic E-state index is 13.7. The van der Waals surface area contributed by atoms with Gasteiger partial charge >= 0.3 is 0 Å². The summed E-state index contributed by atoms with van der Waals surface area (Å²) in [5, 5.41) is 11.0. The van der Waals surface area contributed by atoms with E-state index in [4.69, 9.17) is 9.15 Å². The molecule has 1 N–H and O–H groups in total. The fourth-order valence-corrected chi connectivity index (χ4v) is 2.95. The Morgan fingerprint density at radius 2 is 1.79 bits per heavy atom. The van der Waals surface area contributed by atoms with E-state index in [9.17, 15) is 22.4 Å². The number of rotatable bonds is 8. The molecule has 3 heterocycles. The molecule has 1 aromatic carbocycles. The Labute approximate surface area is 184 Å². The lowest BCUT2D eigenvalue weighted by Crippen LogP contribution is -2.10. The first-order valence-corrected chi connectivity index (χ1v) is 9.73. The lowest BCUT2D eigenvalue weighted by Gasteiger charge is -2.08. The van der Waals surface area contributed by atoms with Gasteiger partial charge in [0.2, 0.25) is 11.6 Å². The van der Waals surface area contributed by atoms with E-state index in [-0.39, 0.29) is 17.6 Å². The largest absolute Gasteiger partial charge is 0.479 e. The van der Waals surface area contributed by atoms with Crippen LogP contribution in [0.1, 0.15) is 28.8 Å². The zero-order valence-corrected chi connectivity index (χ0v) is 17.2. The van der Waals surface area contributed by atoms with Crippen LogP contribution in [0.15, 0.2) is 47.4 Å². The monoisotopic (exact) mass is 463 g/mol. The second-order valence-electron chi connectivity index (χ2n) is 6.94. The molecule has 4 rings (SSSR count). The van der Waals surface area contributed by atoms with E-state index in [2.05, 4.69) is 15.5 Å². The number of carbonyl (C=O) groups excluding carboxylic acids is 1. The molecular weight excluding hydrogens is 446 g/mol. The molecule has 12 heteroatoms. The zero-order chi connectivity index (χ0) is 23.5. The number of ether oxygens (including phenoxy) is 1. The third-order valence-electron chi connectivity index (χ3n) is 4.56. The highest BCUT2D eigenvalue weighted by molar-refractivity contribution is 6.02. The number of aromatic nitrogens is 4. The molecule has 0 aliphatic heterocycles. The summed E-state index contributed by atoms with van der Waals surface area (Å²) in [5.74, 6) is -8.45. The summed E-state index contributed by atoms with van der Waals surface area (Å²) in [6.07, 6.45) is 6.70. The second kappa shape index (κ2) is 9.18. The van der Waals surface area contributed by atoms with Crippen molar-refractivity contribution in [2.45, 2.75) is 26.6 Å². The number of furan rings is 1. The molecule has 1 amide bonds. The molecule has 0 spiro atoms. The first-order chi connectivity index (χ1) is 15.8. The van der Waals surface area contributed by atoms with Gasteiger partial charge in [-0.3, -0.25) is 14.2 Å². The van der Waals surface area contributed by atoms with Crippen molar-refractivity contribution >= 4 is 11.6 Å². The molecule has 3 aromatic heterocycles. The van der Waals surface area contributed by atoms with Crippen molar-refractivity contribution in [2.75, 3.05) is 5.32 Å². The quantitative estimate of drug-likeness (QED) is 0.314. The van der Waals surface area contributed by atoms with Crippen molar-refractivity contribution in [3.05, 3.63) is 83.3 Å². The maximum Gasteiger partial charge on any atom is 0.291 e. The summed E-state index contributed by atoms with van der Waals surface area (Å²) in [4.78, 5) is 12.4. The SMILES string of the molecule is CCn1cc(Cn2cc(NC(=O)c3ccc(COc4c(F)c(F)cc(F)c4F)o3)cn2)cn1. The molecule has 4 aromatic rings. The summed E-state index contributed by atoms with van der Waals surface area (Å²) in [6.45, 7) is 2.63. The van der Waals surface area contributed by atoms with Crippen molar-refractivity contribution < 1.29 is 31.5 Å². The minimum absolute atomic E-state index is 0.00671. The fraction of sp³-hybridized carbons (Fsp3) is 0.190. The smallest absolute Gasteiger partial charge is 0.291 e. The highest BCUT2D eigenvalue weighted by Crippen LogP contribution is 2.27. The number of hydrogen-bond donors (Lipinski definition) is 1. The van der Waals surface area contributed by atoms with Crippen LogP contribution in [-0.2, 0) is 19.7 Å². The van der Waals surface area contributed by atoms with Gasteiger partial charge in [-0.15, -0.1) is 0 Å². The van der Waals surface area contributed by atoms with E-state index >= 15 is 0 Å². The Morgan fingerprint density at radius 1 is 1.06 bits per heavy atom. The lowest BCUT2D eigenvalue weighted by molar-refractivity contribution is 0.0992. The van der Waals surface area contributed by atoms with Gasteiger partial charge in [0.15, 0.2) is 23.1 Å². The van der Waals surface area contributed by atoms with Crippen LogP contribution in [0.3, 0.4) is 0 Å². The standard InChI is InChI=1S/C21H17F4N5O3/c1-2-29-8-12(6-26-29)9-30-10-13(7-27-30)28-21(31)17-4-3-14(33-17)11-32-20-18(24)15(22)5-16(23)19(20)25/h3-8,10H,2,9,11H2,1H3,(H,28,31). The molecular formula is C21H17F4N5O3. The summed E-state index contributed by atoms with van der Waals surface area (Å²) in [7, 11) is 0. The molecule has 0 saturated carbocycles. The molecule has 0 aliphatic carbocycles. The summed E-state index contributed by atoms with van der Waals surface area (Å²) >= 11 is 0. The number of aryl methyl sites for hydroxylation is 1. The van der Waals surface area contributed by atoms with Gasteiger partial charge in [-0.2, -0.15) is 19.0 Å². The van der Waals surface area contributed by atoms with Gasteiger partial charge in [0.1, 0.15) is 12.4 Å². The Kier molecular flexibility index (Phi) is 6.16. The highest BCUT2D eigenvalue weighted by atomic mass is 19.2. The molecule has 0 aliphatic rings. The molecule has 0 atom stereocenters. The van der Waals surface area contributed by atoms with Gasteiger partial charge in [-0.25, -0.2) is 8.78 Å². The van der Waals surface area contributed by atoms with Gasteiger partial charge in [0.05, 0.1) is 24.6 Å². The van der Waals surface area contributed by atoms with Crippen LogP contribution in [0.2, 0.25) is 0 Å². The predicted molar refractivity (Wildman–Crippen MR) is 106 cm³/mol. The van der Waals surface area contributed by atoms with Gasteiger partial charge in [0, 0.05) is 30.6 Å². The van der Waals surface area contributed by atoms with Gasteiger partial charge in [-0.05, 0) is 19.1 Å². The molecule has 0 saturated heterocycles. The van der Waals surface area contributed by atoms with Crippen molar-refractivity contribution in [3.8, 4) is 5.75 Å². The Hall–Kier alpha value is -4.09. The van der Waals surface area contributed by atoms with Crippen LogP contribution in [0.5, 0.6) is 5.75 Å². The van der Waals surface area contributed by atoms with E-state index < -0.39 is 41.5 Å². The minimum atomic E-state index is -1.67. The number of nitrogens with zero attached hydrogens (tertiary/aromatic N) is 4. The summed E-state index contributed by atoms with van der Waals surface area (Å²) < 4.78 is 67.4. The number of carbonyl (C=O) groups is 1. The number of anilines is 1. The summed E-state index contributed by atoms with van der Waals surface area (Å²) in [6, 6.07) is 2.72. The Bertz CT molecular complexity index is 1270. The van der Waals surface area contributed by atoms with E-state index in [1.807, 2.05) is 13.1 Å². The van der Waals surface area contributed by atoms with E-state index in [1.54, 1.807) is 21.8 Å². The normalized spacial score (nSPS) is 11.1. The van der Waals surface area contributed by atoms with E-state index in [0.29, 0.717) is 12.2 Å². The molecule has 33 heavy (non-hydrogen) atoms. The van der Waals surface area contributed by atoms with Crippen molar-refractivity contribution in [1.82, 2.24) is 19.6 Å². The third kappa shape index (κ3) is 4.89. The number of nitrogens with one attached hydrogen (secondary N) is 1. The van der Waals surface area contributed by atoms with Crippen molar-refractivity contribution in [1.29, 1.82) is 0 Å². The predicted octanol–water partition coefficient (Wildman–Crippen LogP) is 4.13. The van der Waals surface area contributed by atoms with Crippen LogP contribution in [0.4, 0.5) is 23.2 Å². The van der Waals surface area contributed by atoms with Crippen LogP contribution < -0.4 is 10.1 Å². The van der Waals surface area contributed by atoms with Gasteiger partial charge in [-0.1, -0.05) is 0 Å².